The minimum Gasteiger partial charge on any atom is -0.485 e. The average molecular weight is 431 g/mol. The summed E-state index contributed by atoms with van der Waals surface area (Å²) in [4.78, 5) is 14.6. The molecule has 8 heteroatoms. The first-order valence-electron chi connectivity index (χ1n) is 10.2. The SMILES string of the molecule is Cc1ccc(CNS(=O)(=O)c2ccc3c(c2)OCC(C(=O)N2CCCCC2)O3)cc1. The number of likely N-dealkylation sites (tertiary alicyclic amines) is 1. The number of ether oxygens (including phenoxy) is 2. The van der Waals surface area contributed by atoms with Crippen molar-refractivity contribution in [3.8, 4) is 11.5 Å². The number of amides is 1. The van der Waals surface area contributed by atoms with Gasteiger partial charge in [0.1, 0.15) is 6.61 Å². The molecular formula is C22H26N2O5S. The quantitative estimate of drug-likeness (QED) is 0.788. The van der Waals surface area contributed by atoms with Crippen molar-refractivity contribution in [3.05, 3.63) is 53.6 Å². The molecule has 2 heterocycles. The third kappa shape index (κ3) is 4.60. The highest BCUT2D eigenvalue weighted by Gasteiger charge is 2.32. The molecule has 1 N–H and O–H groups in total. The second-order valence-corrected chi connectivity index (χ2v) is 9.49. The lowest BCUT2D eigenvalue weighted by atomic mass is 10.1. The van der Waals surface area contributed by atoms with Crippen LogP contribution in [0.2, 0.25) is 0 Å². The van der Waals surface area contributed by atoms with Gasteiger partial charge in [0.25, 0.3) is 5.91 Å². The van der Waals surface area contributed by atoms with E-state index in [1.165, 1.54) is 12.1 Å². The third-order valence-corrected chi connectivity index (χ3v) is 6.81. The van der Waals surface area contributed by atoms with Crippen molar-refractivity contribution in [3.63, 3.8) is 0 Å². The highest BCUT2D eigenvalue weighted by molar-refractivity contribution is 7.89. The molecule has 0 spiro atoms. The van der Waals surface area contributed by atoms with Gasteiger partial charge in [0.15, 0.2) is 11.5 Å². The summed E-state index contributed by atoms with van der Waals surface area (Å²) < 4.78 is 39.5. The lowest BCUT2D eigenvalue weighted by Gasteiger charge is -2.32. The van der Waals surface area contributed by atoms with Gasteiger partial charge in [-0.3, -0.25) is 4.79 Å². The van der Waals surface area contributed by atoms with Gasteiger partial charge in [-0.1, -0.05) is 29.8 Å². The van der Waals surface area contributed by atoms with Gasteiger partial charge in [0.05, 0.1) is 4.90 Å². The van der Waals surface area contributed by atoms with Crippen molar-refractivity contribution in [1.29, 1.82) is 0 Å². The maximum Gasteiger partial charge on any atom is 0.267 e. The molecule has 0 aliphatic carbocycles. The van der Waals surface area contributed by atoms with Crippen LogP contribution in [0.15, 0.2) is 47.4 Å². The standard InChI is InChI=1S/C22H26N2O5S/c1-16-5-7-17(8-6-16)14-23-30(26,27)18-9-10-19-20(13-18)28-15-21(29-19)22(25)24-11-3-2-4-12-24/h5-10,13,21,23H,2-4,11-12,14-15H2,1H3. The van der Waals surface area contributed by atoms with Gasteiger partial charge in [0.2, 0.25) is 16.1 Å². The van der Waals surface area contributed by atoms with Crippen LogP contribution in [0.5, 0.6) is 11.5 Å². The molecule has 30 heavy (non-hydrogen) atoms. The van der Waals surface area contributed by atoms with Gasteiger partial charge >= 0.3 is 0 Å². The third-order valence-electron chi connectivity index (χ3n) is 5.42. The Hall–Kier alpha value is -2.58. The lowest BCUT2D eigenvalue weighted by molar-refractivity contribution is -0.142. The Bertz CT molecular complexity index is 1010. The molecule has 4 rings (SSSR count). The van der Waals surface area contributed by atoms with E-state index in [9.17, 15) is 13.2 Å². The molecule has 0 bridgehead atoms. The zero-order valence-electron chi connectivity index (χ0n) is 17.0. The highest BCUT2D eigenvalue weighted by Crippen LogP contribution is 2.34. The maximum absolute atomic E-state index is 12.7. The summed E-state index contributed by atoms with van der Waals surface area (Å²) in [7, 11) is -3.71. The van der Waals surface area contributed by atoms with E-state index in [1.54, 1.807) is 6.07 Å². The molecule has 2 aliphatic rings. The molecule has 0 radical (unpaired) electrons. The van der Waals surface area contributed by atoms with Gasteiger partial charge in [0, 0.05) is 25.7 Å². The highest BCUT2D eigenvalue weighted by atomic mass is 32.2. The summed E-state index contributed by atoms with van der Waals surface area (Å²) in [6, 6.07) is 12.1. The van der Waals surface area contributed by atoms with Crippen LogP contribution < -0.4 is 14.2 Å². The topological polar surface area (TPSA) is 84.9 Å². The van der Waals surface area contributed by atoms with Crippen molar-refractivity contribution in [2.45, 2.75) is 43.7 Å². The molecule has 1 saturated heterocycles. The van der Waals surface area contributed by atoms with Crippen LogP contribution in [0.25, 0.3) is 0 Å². The number of sulfonamides is 1. The second kappa shape index (κ2) is 8.65. The first-order valence-corrected chi connectivity index (χ1v) is 11.7. The van der Waals surface area contributed by atoms with Gasteiger partial charge < -0.3 is 14.4 Å². The van der Waals surface area contributed by atoms with Crippen LogP contribution in [-0.4, -0.2) is 45.0 Å². The van der Waals surface area contributed by atoms with Gasteiger partial charge in [-0.15, -0.1) is 0 Å². The number of fused-ring (bicyclic) bond motifs is 1. The largest absolute Gasteiger partial charge is 0.485 e. The minimum atomic E-state index is -3.71. The van der Waals surface area contributed by atoms with E-state index >= 15 is 0 Å². The van der Waals surface area contributed by atoms with E-state index in [1.807, 2.05) is 36.1 Å². The van der Waals surface area contributed by atoms with Crippen molar-refractivity contribution in [2.75, 3.05) is 19.7 Å². The smallest absolute Gasteiger partial charge is 0.267 e. The number of nitrogens with zero attached hydrogens (tertiary/aromatic N) is 1. The number of nitrogens with one attached hydrogen (secondary N) is 1. The van der Waals surface area contributed by atoms with Crippen LogP contribution >= 0.6 is 0 Å². The Labute approximate surface area is 177 Å². The predicted molar refractivity (Wildman–Crippen MR) is 112 cm³/mol. The molecule has 1 fully saturated rings. The fraction of sp³-hybridized carbons (Fsp3) is 0.409. The van der Waals surface area contributed by atoms with Crippen molar-refractivity contribution >= 4 is 15.9 Å². The summed E-state index contributed by atoms with van der Waals surface area (Å²) in [6.45, 7) is 3.74. The van der Waals surface area contributed by atoms with Crippen molar-refractivity contribution < 1.29 is 22.7 Å². The molecule has 2 aromatic carbocycles. The van der Waals surface area contributed by atoms with Crippen LogP contribution in [0.1, 0.15) is 30.4 Å². The van der Waals surface area contributed by atoms with E-state index < -0.39 is 16.1 Å². The number of hydrogen-bond acceptors (Lipinski definition) is 5. The number of rotatable bonds is 5. The minimum absolute atomic E-state index is 0.0721. The zero-order chi connectivity index (χ0) is 21.1. The molecule has 1 amide bonds. The monoisotopic (exact) mass is 430 g/mol. The molecule has 2 aromatic rings. The number of carbonyl (C=O) groups excluding carboxylic acids is 1. The van der Waals surface area contributed by atoms with Gasteiger partial charge in [-0.05, 0) is 43.9 Å². The summed E-state index contributed by atoms with van der Waals surface area (Å²) in [5.74, 6) is 0.641. The van der Waals surface area contributed by atoms with Gasteiger partial charge in [-0.2, -0.15) is 0 Å². The maximum atomic E-state index is 12.7. The average Bonchev–Trinajstić information content (AvgIpc) is 2.78. The van der Waals surface area contributed by atoms with E-state index in [-0.39, 0.29) is 24.0 Å². The van der Waals surface area contributed by atoms with E-state index in [4.69, 9.17) is 9.47 Å². The molecule has 1 atom stereocenters. The predicted octanol–water partition coefficient (Wildman–Crippen LogP) is 2.63. The van der Waals surface area contributed by atoms with E-state index in [0.29, 0.717) is 11.5 Å². The number of benzene rings is 2. The Morgan fingerprint density at radius 3 is 2.53 bits per heavy atom. The summed E-state index contributed by atoms with van der Waals surface area (Å²) in [5, 5.41) is 0. The molecular weight excluding hydrogens is 404 g/mol. The Kier molecular flexibility index (Phi) is 5.97. The zero-order valence-corrected chi connectivity index (χ0v) is 17.8. The van der Waals surface area contributed by atoms with Crippen LogP contribution in [0.3, 0.4) is 0 Å². The molecule has 0 aromatic heterocycles. The Morgan fingerprint density at radius 1 is 1.07 bits per heavy atom. The molecule has 2 aliphatic heterocycles. The Balaban J connectivity index is 1.42. The molecule has 160 valence electrons. The van der Waals surface area contributed by atoms with E-state index in [2.05, 4.69) is 4.72 Å². The second-order valence-electron chi connectivity index (χ2n) is 7.72. The fourth-order valence-corrected chi connectivity index (χ4v) is 4.66. The number of piperidine rings is 1. The van der Waals surface area contributed by atoms with Crippen molar-refractivity contribution in [1.82, 2.24) is 9.62 Å². The first-order chi connectivity index (χ1) is 14.4. The lowest BCUT2D eigenvalue weighted by Crippen LogP contribution is -2.48. The van der Waals surface area contributed by atoms with Crippen LogP contribution in [0.4, 0.5) is 0 Å². The first kappa shape index (κ1) is 20.7. The normalized spacial score (nSPS) is 18.8. The number of hydrogen-bond donors (Lipinski definition) is 1. The van der Waals surface area contributed by atoms with Crippen LogP contribution in [0, 0.1) is 6.92 Å². The molecule has 7 nitrogen and oxygen atoms in total. The summed E-state index contributed by atoms with van der Waals surface area (Å²) >= 11 is 0. The number of carbonyl (C=O) groups is 1. The van der Waals surface area contributed by atoms with Crippen molar-refractivity contribution in [2.24, 2.45) is 0 Å². The number of aryl methyl sites for hydroxylation is 1. The van der Waals surface area contributed by atoms with Gasteiger partial charge in [-0.25, -0.2) is 13.1 Å². The molecule has 0 saturated carbocycles. The fourth-order valence-electron chi connectivity index (χ4n) is 3.63. The molecule has 1 unspecified atom stereocenters. The van der Waals surface area contributed by atoms with E-state index in [0.717, 1.165) is 43.5 Å². The summed E-state index contributed by atoms with van der Waals surface area (Å²) in [5.41, 5.74) is 1.99. The summed E-state index contributed by atoms with van der Waals surface area (Å²) in [6.07, 6.45) is 2.46. The van der Waals surface area contributed by atoms with Crippen LogP contribution in [-0.2, 0) is 21.4 Å². The Morgan fingerprint density at radius 2 is 1.80 bits per heavy atom.